The SMILES string of the molecule is CC1CCC(NC(=O)c2cncc(-c3ccc4c(c3)CCO4)c2)CS1(=O)=O. The molecule has 142 valence electrons. The molecule has 6 nitrogen and oxygen atoms in total. The molecule has 0 bridgehead atoms. The van der Waals surface area contributed by atoms with Crippen molar-refractivity contribution >= 4 is 15.7 Å². The van der Waals surface area contributed by atoms with Gasteiger partial charge in [-0.05, 0) is 49.1 Å². The van der Waals surface area contributed by atoms with E-state index in [0.29, 0.717) is 25.0 Å². The quantitative estimate of drug-likeness (QED) is 0.875. The summed E-state index contributed by atoms with van der Waals surface area (Å²) in [5.74, 6) is 0.620. The van der Waals surface area contributed by atoms with E-state index < -0.39 is 9.84 Å². The lowest BCUT2D eigenvalue weighted by atomic mass is 10.0. The number of hydrogen-bond donors (Lipinski definition) is 1. The highest BCUT2D eigenvalue weighted by molar-refractivity contribution is 7.92. The first kappa shape index (κ1) is 18.0. The smallest absolute Gasteiger partial charge is 0.253 e. The minimum atomic E-state index is -3.14. The Balaban J connectivity index is 1.51. The molecule has 2 aliphatic heterocycles. The van der Waals surface area contributed by atoms with E-state index in [-0.39, 0.29) is 23.0 Å². The van der Waals surface area contributed by atoms with E-state index in [1.165, 1.54) is 6.20 Å². The van der Waals surface area contributed by atoms with Crippen molar-refractivity contribution < 1.29 is 17.9 Å². The Morgan fingerprint density at radius 2 is 2.04 bits per heavy atom. The Hall–Kier alpha value is -2.41. The van der Waals surface area contributed by atoms with Gasteiger partial charge in [0, 0.05) is 30.4 Å². The number of carbonyl (C=O) groups is 1. The van der Waals surface area contributed by atoms with Crippen molar-refractivity contribution in [3.8, 4) is 16.9 Å². The maximum absolute atomic E-state index is 12.6. The summed E-state index contributed by atoms with van der Waals surface area (Å²) in [7, 11) is -3.14. The van der Waals surface area contributed by atoms with Crippen molar-refractivity contribution in [1.29, 1.82) is 0 Å². The van der Waals surface area contributed by atoms with Crippen molar-refractivity contribution in [3.63, 3.8) is 0 Å². The van der Waals surface area contributed by atoms with Crippen LogP contribution in [0.4, 0.5) is 0 Å². The molecule has 27 heavy (non-hydrogen) atoms. The van der Waals surface area contributed by atoms with Gasteiger partial charge >= 0.3 is 0 Å². The molecule has 7 heteroatoms. The van der Waals surface area contributed by atoms with Gasteiger partial charge < -0.3 is 10.1 Å². The summed E-state index contributed by atoms with van der Waals surface area (Å²) >= 11 is 0. The van der Waals surface area contributed by atoms with Gasteiger partial charge in [0.2, 0.25) is 0 Å². The third-order valence-electron chi connectivity index (χ3n) is 5.33. The normalized spacial score (nSPS) is 23.3. The molecule has 2 aliphatic rings. The number of carbonyl (C=O) groups excluding carboxylic acids is 1. The van der Waals surface area contributed by atoms with Gasteiger partial charge in [-0.15, -0.1) is 0 Å². The second-order valence-electron chi connectivity index (χ2n) is 7.27. The number of benzene rings is 1. The molecule has 0 spiro atoms. The first-order valence-electron chi connectivity index (χ1n) is 9.16. The molecule has 0 radical (unpaired) electrons. The van der Waals surface area contributed by atoms with Crippen LogP contribution in [0.5, 0.6) is 5.75 Å². The summed E-state index contributed by atoms with van der Waals surface area (Å²) in [6.07, 6.45) is 5.36. The summed E-state index contributed by atoms with van der Waals surface area (Å²) < 4.78 is 29.7. The van der Waals surface area contributed by atoms with Gasteiger partial charge in [-0.2, -0.15) is 0 Å². The summed E-state index contributed by atoms with van der Waals surface area (Å²) in [4.78, 5) is 16.8. The minimum absolute atomic E-state index is 0.00213. The Bertz CT molecular complexity index is 987. The number of hydrogen-bond acceptors (Lipinski definition) is 5. The van der Waals surface area contributed by atoms with E-state index in [9.17, 15) is 13.2 Å². The van der Waals surface area contributed by atoms with Gasteiger partial charge in [-0.3, -0.25) is 9.78 Å². The summed E-state index contributed by atoms with van der Waals surface area (Å²) in [5.41, 5.74) is 3.42. The van der Waals surface area contributed by atoms with Gasteiger partial charge in [-0.25, -0.2) is 8.42 Å². The largest absolute Gasteiger partial charge is 0.493 e. The standard InChI is InChI=1S/C20H22N2O4S/c1-13-2-4-18(12-27(13,24)25)22-20(23)17-9-16(10-21-11-17)14-3-5-19-15(8-14)6-7-26-19/h3,5,8-11,13,18H,2,4,6-7,12H2,1H3,(H,22,23). The zero-order valence-electron chi connectivity index (χ0n) is 15.1. The number of nitrogens with one attached hydrogen (secondary N) is 1. The molecule has 1 aromatic heterocycles. The van der Waals surface area contributed by atoms with E-state index in [1.54, 1.807) is 19.2 Å². The summed E-state index contributed by atoms with van der Waals surface area (Å²) in [6.45, 7) is 2.42. The Morgan fingerprint density at radius 3 is 2.85 bits per heavy atom. The molecular weight excluding hydrogens is 364 g/mol. The molecule has 1 amide bonds. The van der Waals surface area contributed by atoms with Crippen molar-refractivity contribution in [1.82, 2.24) is 10.3 Å². The van der Waals surface area contributed by atoms with Crippen LogP contribution in [0.25, 0.3) is 11.1 Å². The topological polar surface area (TPSA) is 85.4 Å². The fraction of sp³-hybridized carbons (Fsp3) is 0.400. The highest BCUT2D eigenvalue weighted by atomic mass is 32.2. The molecule has 1 saturated heterocycles. The zero-order chi connectivity index (χ0) is 19.0. The van der Waals surface area contributed by atoms with Crippen LogP contribution in [-0.4, -0.2) is 43.0 Å². The third kappa shape index (κ3) is 3.69. The average molecular weight is 386 g/mol. The van der Waals surface area contributed by atoms with Gasteiger partial charge in [0.15, 0.2) is 9.84 Å². The molecule has 0 aliphatic carbocycles. The molecule has 1 fully saturated rings. The molecule has 2 atom stereocenters. The van der Waals surface area contributed by atoms with Crippen molar-refractivity contribution in [2.75, 3.05) is 12.4 Å². The van der Waals surface area contributed by atoms with Crippen LogP contribution in [-0.2, 0) is 16.3 Å². The van der Waals surface area contributed by atoms with E-state index in [4.69, 9.17) is 4.74 Å². The van der Waals surface area contributed by atoms with Gasteiger partial charge in [0.05, 0.1) is 23.2 Å². The summed E-state index contributed by atoms with van der Waals surface area (Å²) in [5, 5.41) is 2.52. The number of nitrogens with zero attached hydrogens (tertiary/aromatic N) is 1. The molecule has 2 aromatic rings. The molecule has 1 N–H and O–H groups in total. The molecule has 4 rings (SSSR count). The lowest BCUT2D eigenvalue weighted by molar-refractivity contribution is 0.0937. The molecule has 0 saturated carbocycles. The molecule has 3 heterocycles. The molecular formula is C20H22N2O4S. The predicted octanol–water partition coefficient (Wildman–Crippen LogP) is 2.38. The van der Waals surface area contributed by atoms with Gasteiger partial charge in [0.1, 0.15) is 5.75 Å². The Labute approximate surface area is 158 Å². The Morgan fingerprint density at radius 1 is 1.19 bits per heavy atom. The lowest BCUT2D eigenvalue weighted by Crippen LogP contribution is -2.45. The van der Waals surface area contributed by atoms with Crippen LogP contribution in [0.3, 0.4) is 0 Å². The maximum Gasteiger partial charge on any atom is 0.253 e. The van der Waals surface area contributed by atoms with Crippen LogP contribution < -0.4 is 10.1 Å². The first-order chi connectivity index (χ1) is 12.9. The van der Waals surface area contributed by atoms with Crippen LogP contribution in [0.15, 0.2) is 36.7 Å². The number of aromatic nitrogens is 1. The Kier molecular flexibility index (Phi) is 4.63. The van der Waals surface area contributed by atoms with Crippen molar-refractivity contribution in [2.45, 2.75) is 37.5 Å². The van der Waals surface area contributed by atoms with Crippen LogP contribution in [0, 0.1) is 0 Å². The summed E-state index contributed by atoms with van der Waals surface area (Å²) in [6, 6.07) is 7.41. The van der Waals surface area contributed by atoms with E-state index in [2.05, 4.69) is 16.4 Å². The number of fused-ring (bicyclic) bond motifs is 1. The number of sulfone groups is 1. The first-order valence-corrected chi connectivity index (χ1v) is 10.9. The number of rotatable bonds is 3. The molecule has 2 unspecified atom stereocenters. The maximum atomic E-state index is 12.6. The average Bonchev–Trinajstić information content (AvgIpc) is 3.12. The fourth-order valence-corrected chi connectivity index (χ4v) is 5.25. The molecule has 1 aromatic carbocycles. The lowest BCUT2D eigenvalue weighted by Gasteiger charge is -2.27. The number of ether oxygens (including phenoxy) is 1. The second kappa shape index (κ2) is 6.96. The highest BCUT2D eigenvalue weighted by Crippen LogP contribution is 2.30. The van der Waals surface area contributed by atoms with Crippen LogP contribution >= 0.6 is 0 Å². The van der Waals surface area contributed by atoms with Gasteiger partial charge in [-0.1, -0.05) is 6.07 Å². The highest BCUT2D eigenvalue weighted by Gasteiger charge is 2.32. The minimum Gasteiger partial charge on any atom is -0.493 e. The van der Waals surface area contributed by atoms with Crippen LogP contribution in [0.1, 0.15) is 35.7 Å². The predicted molar refractivity (Wildman–Crippen MR) is 103 cm³/mol. The van der Waals surface area contributed by atoms with E-state index in [0.717, 1.165) is 28.9 Å². The monoisotopic (exact) mass is 386 g/mol. The fourth-order valence-electron chi connectivity index (χ4n) is 3.61. The zero-order valence-corrected chi connectivity index (χ0v) is 16.0. The van der Waals surface area contributed by atoms with Crippen molar-refractivity contribution in [2.24, 2.45) is 0 Å². The van der Waals surface area contributed by atoms with E-state index in [1.807, 2.05) is 12.1 Å². The second-order valence-corrected chi connectivity index (χ2v) is 9.73. The third-order valence-corrected chi connectivity index (χ3v) is 7.66. The number of amides is 1. The van der Waals surface area contributed by atoms with E-state index >= 15 is 0 Å². The van der Waals surface area contributed by atoms with Crippen molar-refractivity contribution in [3.05, 3.63) is 47.8 Å². The number of pyridine rings is 1. The van der Waals surface area contributed by atoms with Crippen LogP contribution in [0.2, 0.25) is 0 Å². The van der Waals surface area contributed by atoms with Gasteiger partial charge in [0.25, 0.3) is 5.91 Å².